The van der Waals surface area contributed by atoms with Crippen molar-refractivity contribution < 1.29 is 8.42 Å². The van der Waals surface area contributed by atoms with Crippen LogP contribution in [0.2, 0.25) is 0 Å². The summed E-state index contributed by atoms with van der Waals surface area (Å²) in [6, 6.07) is 6.51. The number of nitrogens with two attached hydrogens (primary N) is 1. The van der Waals surface area contributed by atoms with Crippen LogP contribution in [0.4, 0.5) is 5.69 Å². The summed E-state index contributed by atoms with van der Waals surface area (Å²) in [5.74, 6) is 0. The average molecular weight is 292 g/mol. The highest BCUT2D eigenvalue weighted by molar-refractivity contribution is 7.92. The first-order valence-electron chi connectivity index (χ1n) is 6.04. The molecule has 0 aliphatic carbocycles. The Labute approximate surface area is 118 Å². The van der Waals surface area contributed by atoms with Crippen molar-refractivity contribution in [1.82, 2.24) is 9.97 Å². The number of pyridine rings is 2. The maximum atomic E-state index is 12.2. The molecular weight excluding hydrogens is 276 g/mol. The summed E-state index contributed by atoms with van der Waals surface area (Å²) in [7, 11) is -3.67. The molecule has 2 aromatic rings. The zero-order valence-electron chi connectivity index (χ0n) is 11.3. The first-order valence-corrected chi connectivity index (χ1v) is 7.53. The van der Waals surface area contributed by atoms with E-state index in [-0.39, 0.29) is 11.4 Å². The van der Waals surface area contributed by atoms with Gasteiger partial charge in [-0.05, 0) is 38.1 Å². The highest BCUT2D eigenvalue weighted by Gasteiger charge is 2.16. The molecule has 0 saturated heterocycles. The maximum Gasteiger partial charge on any atom is 0.263 e. The van der Waals surface area contributed by atoms with Crippen LogP contribution < -0.4 is 10.5 Å². The molecule has 0 radical (unpaired) electrons. The van der Waals surface area contributed by atoms with E-state index in [0.717, 1.165) is 5.69 Å². The molecule has 2 aromatic heterocycles. The van der Waals surface area contributed by atoms with Crippen molar-refractivity contribution in [3.63, 3.8) is 0 Å². The standard InChI is InChI=1S/C13H16N4O2S/c1-9-3-6-13(10(2)16-9)17-20(18,19)12-5-4-11(7-14)15-8-12/h3-6,8,17H,7,14H2,1-2H3. The number of hydrogen-bond acceptors (Lipinski definition) is 5. The Kier molecular flexibility index (Phi) is 4.01. The van der Waals surface area contributed by atoms with Crippen LogP contribution in [0.3, 0.4) is 0 Å². The smallest absolute Gasteiger partial charge is 0.263 e. The lowest BCUT2D eigenvalue weighted by molar-refractivity contribution is 0.600. The minimum absolute atomic E-state index is 0.0923. The Bertz CT molecular complexity index is 712. The minimum atomic E-state index is -3.67. The van der Waals surface area contributed by atoms with Crippen LogP contribution in [0.25, 0.3) is 0 Å². The van der Waals surface area contributed by atoms with Crippen molar-refractivity contribution in [3.05, 3.63) is 47.5 Å². The molecule has 0 aromatic carbocycles. The Morgan fingerprint density at radius 1 is 1.20 bits per heavy atom. The average Bonchev–Trinajstić information content (AvgIpc) is 2.42. The SMILES string of the molecule is Cc1ccc(NS(=O)(=O)c2ccc(CN)nc2)c(C)n1. The topological polar surface area (TPSA) is 98.0 Å². The van der Waals surface area contributed by atoms with E-state index in [1.165, 1.54) is 12.3 Å². The Morgan fingerprint density at radius 3 is 2.50 bits per heavy atom. The minimum Gasteiger partial charge on any atom is -0.325 e. The predicted molar refractivity (Wildman–Crippen MR) is 76.6 cm³/mol. The molecule has 106 valence electrons. The number of anilines is 1. The van der Waals surface area contributed by atoms with Gasteiger partial charge in [-0.2, -0.15) is 0 Å². The van der Waals surface area contributed by atoms with Gasteiger partial charge < -0.3 is 5.73 Å². The molecule has 7 heteroatoms. The van der Waals surface area contributed by atoms with Crippen molar-refractivity contribution in [1.29, 1.82) is 0 Å². The van der Waals surface area contributed by atoms with E-state index in [1.807, 2.05) is 6.92 Å². The van der Waals surface area contributed by atoms with Gasteiger partial charge in [0.25, 0.3) is 10.0 Å². The number of aryl methyl sites for hydroxylation is 2. The lowest BCUT2D eigenvalue weighted by Gasteiger charge is -2.10. The summed E-state index contributed by atoms with van der Waals surface area (Å²) in [6.07, 6.45) is 1.29. The molecular formula is C13H16N4O2S. The number of hydrogen-bond donors (Lipinski definition) is 2. The first-order chi connectivity index (χ1) is 9.42. The summed E-state index contributed by atoms with van der Waals surface area (Å²) in [5.41, 5.74) is 7.98. The van der Waals surface area contributed by atoms with Crippen LogP contribution >= 0.6 is 0 Å². The second-order valence-corrected chi connectivity index (χ2v) is 6.06. The quantitative estimate of drug-likeness (QED) is 0.886. The summed E-state index contributed by atoms with van der Waals surface area (Å²) in [6.45, 7) is 3.87. The summed E-state index contributed by atoms with van der Waals surface area (Å²) >= 11 is 0. The third kappa shape index (κ3) is 3.12. The van der Waals surface area contributed by atoms with Crippen molar-refractivity contribution in [2.75, 3.05) is 4.72 Å². The molecule has 3 N–H and O–H groups in total. The van der Waals surface area contributed by atoms with Crippen molar-refractivity contribution in [3.8, 4) is 0 Å². The van der Waals surface area contributed by atoms with Gasteiger partial charge in [-0.1, -0.05) is 0 Å². The fourth-order valence-corrected chi connectivity index (χ4v) is 2.75. The van der Waals surface area contributed by atoms with Gasteiger partial charge in [0.1, 0.15) is 4.90 Å². The predicted octanol–water partition coefficient (Wildman–Crippen LogP) is 1.35. The highest BCUT2D eigenvalue weighted by Crippen LogP contribution is 2.18. The number of sulfonamides is 1. The van der Waals surface area contributed by atoms with Crippen molar-refractivity contribution in [2.45, 2.75) is 25.3 Å². The first kappa shape index (κ1) is 14.4. The Morgan fingerprint density at radius 2 is 1.95 bits per heavy atom. The van der Waals surface area contributed by atoms with Crippen LogP contribution in [0.15, 0.2) is 35.4 Å². The second kappa shape index (κ2) is 5.56. The molecule has 0 unspecified atom stereocenters. The van der Waals surface area contributed by atoms with Gasteiger partial charge in [0.2, 0.25) is 0 Å². The fraction of sp³-hybridized carbons (Fsp3) is 0.231. The van der Waals surface area contributed by atoms with E-state index in [2.05, 4.69) is 14.7 Å². The van der Waals surface area contributed by atoms with Gasteiger partial charge in [0.15, 0.2) is 0 Å². The molecule has 20 heavy (non-hydrogen) atoms. The molecule has 2 rings (SSSR count). The number of aromatic nitrogens is 2. The van der Waals surface area contributed by atoms with Crippen LogP contribution in [-0.4, -0.2) is 18.4 Å². The Hall–Kier alpha value is -1.99. The van der Waals surface area contributed by atoms with E-state index < -0.39 is 10.0 Å². The largest absolute Gasteiger partial charge is 0.325 e. The summed E-state index contributed by atoms with van der Waals surface area (Å²) in [5, 5.41) is 0. The number of nitrogens with one attached hydrogen (secondary N) is 1. The van der Waals surface area contributed by atoms with Gasteiger partial charge in [0.05, 0.1) is 17.1 Å². The Balaban J connectivity index is 2.30. The molecule has 0 saturated carbocycles. The van der Waals surface area contributed by atoms with Crippen LogP contribution in [0.1, 0.15) is 17.1 Å². The van der Waals surface area contributed by atoms with Gasteiger partial charge in [-0.25, -0.2) is 8.42 Å². The lowest BCUT2D eigenvalue weighted by atomic mass is 10.3. The van der Waals surface area contributed by atoms with Crippen LogP contribution in [-0.2, 0) is 16.6 Å². The molecule has 0 amide bonds. The molecule has 0 bridgehead atoms. The van der Waals surface area contributed by atoms with Gasteiger partial charge in [-0.15, -0.1) is 0 Å². The summed E-state index contributed by atoms with van der Waals surface area (Å²) < 4.78 is 27.0. The molecule has 0 aliphatic heterocycles. The highest BCUT2D eigenvalue weighted by atomic mass is 32.2. The normalized spacial score (nSPS) is 11.3. The van der Waals surface area contributed by atoms with E-state index in [1.54, 1.807) is 25.1 Å². The van der Waals surface area contributed by atoms with E-state index in [4.69, 9.17) is 5.73 Å². The third-order valence-corrected chi connectivity index (χ3v) is 4.14. The zero-order valence-corrected chi connectivity index (χ0v) is 12.1. The summed E-state index contributed by atoms with van der Waals surface area (Å²) in [4.78, 5) is 8.29. The van der Waals surface area contributed by atoms with Crippen molar-refractivity contribution in [2.24, 2.45) is 5.73 Å². The molecule has 0 aliphatic rings. The maximum absolute atomic E-state index is 12.2. The van der Waals surface area contributed by atoms with Gasteiger partial charge in [0, 0.05) is 18.4 Å². The van der Waals surface area contributed by atoms with Crippen molar-refractivity contribution >= 4 is 15.7 Å². The van der Waals surface area contributed by atoms with Gasteiger partial charge >= 0.3 is 0 Å². The molecule has 0 fully saturated rings. The zero-order chi connectivity index (χ0) is 14.8. The number of rotatable bonds is 4. The molecule has 6 nitrogen and oxygen atoms in total. The number of nitrogens with zero attached hydrogens (tertiary/aromatic N) is 2. The monoisotopic (exact) mass is 292 g/mol. The van der Waals surface area contributed by atoms with E-state index in [9.17, 15) is 8.42 Å². The van der Waals surface area contributed by atoms with Gasteiger partial charge in [-0.3, -0.25) is 14.7 Å². The fourth-order valence-electron chi connectivity index (χ4n) is 1.69. The van der Waals surface area contributed by atoms with E-state index in [0.29, 0.717) is 17.1 Å². The lowest BCUT2D eigenvalue weighted by Crippen LogP contribution is -2.15. The molecule has 0 atom stereocenters. The van der Waals surface area contributed by atoms with E-state index >= 15 is 0 Å². The molecule has 0 spiro atoms. The van der Waals surface area contributed by atoms with Crippen LogP contribution in [0.5, 0.6) is 0 Å². The van der Waals surface area contributed by atoms with Crippen LogP contribution in [0, 0.1) is 13.8 Å². The molecule has 2 heterocycles. The third-order valence-electron chi connectivity index (χ3n) is 2.79. The second-order valence-electron chi connectivity index (χ2n) is 4.38.